The van der Waals surface area contributed by atoms with Crippen molar-refractivity contribution in [2.75, 3.05) is 11.3 Å². The maximum atomic E-state index is 12.7. The van der Waals surface area contributed by atoms with Gasteiger partial charge in [0.25, 0.3) is 15.7 Å². The number of benzene rings is 2. The molecule has 0 saturated carbocycles. The smallest absolute Gasteiger partial charge is 0.407 e. The molecule has 0 aliphatic heterocycles. The monoisotopic (exact) mass is 447 g/mol. The van der Waals surface area contributed by atoms with Gasteiger partial charge in [-0.3, -0.25) is 14.8 Å². The zero-order chi connectivity index (χ0) is 22.9. The lowest BCUT2D eigenvalue weighted by Crippen LogP contribution is -2.29. The third-order valence-corrected chi connectivity index (χ3v) is 5.73. The number of amides is 1. The number of sulfonamides is 1. The topological polar surface area (TPSA) is 128 Å². The molecule has 10 heteroatoms. The molecule has 0 aliphatic carbocycles. The average Bonchev–Trinajstić information content (AvgIpc) is 2.75. The quantitative estimate of drug-likeness (QED) is 0.296. The van der Waals surface area contributed by atoms with Crippen LogP contribution in [0.5, 0.6) is 0 Å². The maximum absolute atomic E-state index is 12.7. The average molecular weight is 448 g/mol. The van der Waals surface area contributed by atoms with E-state index in [9.17, 15) is 23.3 Å². The molecule has 2 rings (SSSR count). The van der Waals surface area contributed by atoms with Crippen molar-refractivity contribution in [2.45, 2.75) is 37.1 Å². The summed E-state index contributed by atoms with van der Waals surface area (Å²) in [6.45, 7) is 5.60. The number of unbranched alkanes of at least 4 members (excludes halogenated alkanes) is 1. The largest absolute Gasteiger partial charge is 0.445 e. The number of carbonyl (C=O) groups is 1. The normalized spacial score (nSPS) is 11.9. The second kappa shape index (κ2) is 11.1. The summed E-state index contributed by atoms with van der Waals surface area (Å²) in [4.78, 5) is 22.0. The van der Waals surface area contributed by atoms with Crippen LogP contribution in [0.2, 0.25) is 0 Å². The van der Waals surface area contributed by atoms with Crippen LogP contribution in [0.4, 0.5) is 16.2 Å². The van der Waals surface area contributed by atoms with Crippen LogP contribution in [0.25, 0.3) is 0 Å². The number of carbonyl (C=O) groups excluding carboxylic acids is 1. The number of nitrogens with one attached hydrogen (secondary N) is 2. The summed E-state index contributed by atoms with van der Waals surface area (Å²) in [6, 6.07) is 11.0. The Morgan fingerprint density at radius 2 is 2.00 bits per heavy atom. The van der Waals surface area contributed by atoms with Crippen LogP contribution in [-0.4, -0.2) is 26.0 Å². The van der Waals surface area contributed by atoms with Crippen LogP contribution in [0.1, 0.15) is 37.8 Å². The van der Waals surface area contributed by atoms with Crippen molar-refractivity contribution in [3.63, 3.8) is 0 Å². The summed E-state index contributed by atoms with van der Waals surface area (Å²) in [7, 11) is -4.04. The van der Waals surface area contributed by atoms with E-state index in [-0.39, 0.29) is 28.9 Å². The second-order valence-electron chi connectivity index (χ2n) is 6.71. The predicted molar refractivity (Wildman–Crippen MR) is 117 cm³/mol. The Bertz CT molecular complexity index is 1040. The van der Waals surface area contributed by atoms with Gasteiger partial charge in [-0.05, 0) is 30.2 Å². The molecule has 0 spiro atoms. The van der Waals surface area contributed by atoms with E-state index in [1.54, 1.807) is 24.3 Å². The van der Waals surface area contributed by atoms with Gasteiger partial charge < -0.3 is 10.1 Å². The standard InChI is InChI=1S/C21H25N3O6S/c1-3-5-12-20(22-21(25)30-13-4-2)16-8-6-9-17(14-16)23-31(28,29)19-11-7-10-18(15-19)24(26)27/h4,6-11,14-15,20,23H,2-3,5,12-13H2,1H3,(H,22,25). The van der Waals surface area contributed by atoms with E-state index in [0.29, 0.717) is 12.0 Å². The maximum Gasteiger partial charge on any atom is 0.407 e. The lowest BCUT2D eigenvalue weighted by molar-refractivity contribution is -0.385. The molecular weight excluding hydrogens is 422 g/mol. The molecule has 2 N–H and O–H groups in total. The summed E-state index contributed by atoms with van der Waals surface area (Å²) < 4.78 is 32.8. The first-order chi connectivity index (χ1) is 14.8. The third-order valence-electron chi connectivity index (χ3n) is 4.35. The van der Waals surface area contributed by atoms with E-state index >= 15 is 0 Å². The van der Waals surface area contributed by atoms with Crippen molar-refractivity contribution in [3.8, 4) is 0 Å². The fourth-order valence-electron chi connectivity index (χ4n) is 2.85. The molecular formula is C21H25N3O6S. The molecule has 1 unspecified atom stereocenters. The Morgan fingerprint density at radius 1 is 1.26 bits per heavy atom. The number of anilines is 1. The number of nitrogens with zero attached hydrogens (tertiary/aromatic N) is 1. The van der Waals surface area contributed by atoms with Crippen LogP contribution in [0.3, 0.4) is 0 Å². The van der Waals surface area contributed by atoms with Gasteiger partial charge in [-0.1, -0.05) is 50.6 Å². The van der Waals surface area contributed by atoms with Gasteiger partial charge in [0.15, 0.2) is 0 Å². The molecule has 0 aromatic heterocycles. The Kier molecular flexibility index (Phi) is 8.56. The minimum absolute atomic E-state index is 0.0788. The number of rotatable bonds is 11. The van der Waals surface area contributed by atoms with E-state index in [0.717, 1.165) is 18.9 Å². The second-order valence-corrected chi connectivity index (χ2v) is 8.39. The van der Waals surface area contributed by atoms with Crippen molar-refractivity contribution < 1.29 is 22.9 Å². The van der Waals surface area contributed by atoms with Crippen molar-refractivity contribution in [1.29, 1.82) is 0 Å². The molecule has 31 heavy (non-hydrogen) atoms. The molecule has 0 aliphatic rings. The fourth-order valence-corrected chi connectivity index (χ4v) is 3.93. The summed E-state index contributed by atoms with van der Waals surface area (Å²) in [5.74, 6) is 0. The highest BCUT2D eigenvalue weighted by Crippen LogP contribution is 2.25. The summed E-state index contributed by atoms with van der Waals surface area (Å²) in [5, 5.41) is 13.7. The molecule has 2 aromatic rings. The Hall–Kier alpha value is -3.40. The molecule has 0 fully saturated rings. The molecule has 166 valence electrons. The zero-order valence-electron chi connectivity index (χ0n) is 17.1. The molecule has 0 radical (unpaired) electrons. The van der Waals surface area contributed by atoms with Gasteiger partial charge in [-0.15, -0.1) is 0 Å². The highest BCUT2D eigenvalue weighted by molar-refractivity contribution is 7.92. The Morgan fingerprint density at radius 3 is 2.68 bits per heavy atom. The molecule has 0 heterocycles. The van der Waals surface area contributed by atoms with Crippen molar-refractivity contribution >= 4 is 27.5 Å². The Balaban J connectivity index is 2.25. The fraction of sp³-hybridized carbons (Fsp3) is 0.286. The summed E-state index contributed by atoms with van der Waals surface area (Å²) in [6.07, 6.45) is 3.27. The molecule has 1 amide bonds. The van der Waals surface area contributed by atoms with Gasteiger partial charge >= 0.3 is 6.09 Å². The number of alkyl carbamates (subject to hydrolysis) is 1. The predicted octanol–water partition coefficient (Wildman–Crippen LogP) is 4.54. The lowest BCUT2D eigenvalue weighted by atomic mass is 10.0. The lowest BCUT2D eigenvalue weighted by Gasteiger charge is -2.19. The number of hydrogen-bond acceptors (Lipinski definition) is 6. The van der Waals surface area contributed by atoms with Gasteiger partial charge in [-0.2, -0.15) is 0 Å². The molecule has 9 nitrogen and oxygen atoms in total. The summed E-state index contributed by atoms with van der Waals surface area (Å²) >= 11 is 0. The summed E-state index contributed by atoms with van der Waals surface area (Å²) in [5.41, 5.74) is 0.647. The number of nitro groups is 1. The van der Waals surface area contributed by atoms with E-state index < -0.39 is 21.0 Å². The van der Waals surface area contributed by atoms with Gasteiger partial charge in [0.1, 0.15) is 6.61 Å². The number of non-ortho nitro benzene ring substituents is 1. The highest BCUT2D eigenvalue weighted by atomic mass is 32.2. The van der Waals surface area contributed by atoms with Crippen molar-refractivity contribution in [1.82, 2.24) is 5.32 Å². The SMILES string of the molecule is C=CCOC(=O)NC(CCCC)c1cccc(NS(=O)(=O)c2cccc([N+](=O)[O-])c2)c1. The minimum Gasteiger partial charge on any atom is -0.445 e. The zero-order valence-corrected chi connectivity index (χ0v) is 17.9. The first kappa shape index (κ1) is 23.9. The van der Waals surface area contributed by atoms with E-state index in [1.165, 1.54) is 24.3 Å². The number of hydrogen-bond donors (Lipinski definition) is 2. The third kappa shape index (κ3) is 7.10. The van der Waals surface area contributed by atoms with Gasteiger partial charge in [0.2, 0.25) is 0 Å². The molecule has 1 atom stereocenters. The molecule has 0 bridgehead atoms. The van der Waals surface area contributed by atoms with Crippen molar-refractivity contribution in [3.05, 3.63) is 76.9 Å². The first-order valence-corrected chi connectivity index (χ1v) is 11.2. The number of nitro benzene ring substituents is 1. The van der Waals surface area contributed by atoms with Crippen molar-refractivity contribution in [2.24, 2.45) is 0 Å². The highest BCUT2D eigenvalue weighted by Gasteiger charge is 2.20. The van der Waals surface area contributed by atoms with Crippen LogP contribution >= 0.6 is 0 Å². The molecule has 0 saturated heterocycles. The van der Waals surface area contributed by atoms with Crippen LogP contribution in [-0.2, 0) is 14.8 Å². The van der Waals surface area contributed by atoms with Gasteiger partial charge in [-0.25, -0.2) is 13.2 Å². The molecule has 2 aromatic carbocycles. The van der Waals surface area contributed by atoms with Crippen LogP contribution < -0.4 is 10.0 Å². The van der Waals surface area contributed by atoms with Gasteiger partial charge in [0.05, 0.1) is 15.9 Å². The first-order valence-electron chi connectivity index (χ1n) is 9.68. The van der Waals surface area contributed by atoms with Gasteiger partial charge in [0, 0.05) is 17.8 Å². The van der Waals surface area contributed by atoms with E-state index in [1.807, 2.05) is 6.92 Å². The van der Waals surface area contributed by atoms with Crippen LogP contribution in [0, 0.1) is 10.1 Å². The minimum atomic E-state index is -4.04. The Labute approximate surface area is 181 Å². The van der Waals surface area contributed by atoms with E-state index in [4.69, 9.17) is 4.74 Å². The van der Waals surface area contributed by atoms with E-state index in [2.05, 4.69) is 16.6 Å². The number of ether oxygens (including phenoxy) is 1. The van der Waals surface area contributed by atoms with Crippen LogP contribution in [0.15, 0.2) is 66.1 Å².